The zero-order valence-electron chi connectivity index (χ0n) is 13.3. The SMILES string of the molecule is CCOC1(C(Cc2c(C)nn(C)c2Cl)NN)CCCCC1. The predicted octanol–water partition coefficient (Wildman–Crippen LogP) is 2.50. The van der Waals surface area contributed by atoms with E-state index in [1.165, 1.54) is 19.3 Å². The van der Waals surface area contributed by atoms with Crippen molar-refractivity contribution in [3.05, 3.63) is 16.4 Å². The van der Waals surface area contributed by atoms with Crippen molar-refractivity contribution in [2.75, 3.05) is 6.61 Å². The summed E-state index contributed by atoms with van der Waals surface area (Å²) < 4.78 is 7.89. The highest BCUT2D eigenvalue weighted by Crippen LogP contribution is 2.36. The fourth-order valence-corrected chi connectivity index (χ4v) is 3.79. The molecule has 21 heavy (non-hydrogen) atoms. The average molecular weight is 315 g/mol. The molecule has 1 aliphatic carbocycles. The largest absolute Gasteiger partial charge is 0.374 e. The maximum Gasteiger partial charge on any atom is 0.130 e. The number of nitrogens with two attached hydrogens (primary N) is 1. The molecule has 0 bridgehead atoms. The van der Waals surface area contributed by atoms with Crippen LogP contribution in [0.25, 0.3) is 0 Å². The molecule has 6 heteroatoms. The summed E-state index contributed by atoms with van der Waals surface area (Å²) in [6.07, 6.45) is 6.50. The number of nitrogens with one attached hydrogen (secondary N) is 1. The summed E-state index contributed by atoms with van der Waals surface area (Å²) >= 11 is 6.37. The Balaban J connectivity index is 2.24. The lowest BCUT2D eigenvalue weighted by atomic mass is 9.77. The summed E-state index contributed by atoms with van der Waals surface area (Å²) in [4.78, 5) is 0. The number of aryl methyl sites for hydroxylation is 2. The van der Waals surface area contributed by atoms with Crippen LogP contribution in [0.3, 0.4) is 0 Å². The number of halogens is 1. The predicted molar refractivity (Wildman–Crippen MR) is 85.2 cm³/mol. The lowest BCUT2D eigenvalue weighted by Crippen LogP contribution is -2.57. The van der Waals surface area contributed by atoms with Gasteiger partial charge >= 0.3 is 0 Å². The first-order chi connectivity index (χ1) is 10.0. The molecule has 0 saturated heterocycles. The van der Waals surface area contributed by atoms with Gasteiger partial charge in [0.15, 0.2) is 0 Å². The Morgan fingerprint density at radius 2 is 2.10 bits per heavy atom. The number of ether oxygens (including phenoxy) is 1. The number of hydrogen-bond donors (Lipinski definition) is 2. The molecule has 1 heterocycles. The fourth-order valence-electron chi connectivity index (χ4n) is 3.54. The zero-order valence-corrected chi connectivity index (χ0v) is 14.0. The first kappa shape index (κ1) is 16.7. The number of hydrogen-bond acceptors (Lipinski definition) is 4. The summed E-state index contributed by atoms with van der Waals surface area (Å²) in [6, 6.07) is 0.0538. The second-order valence-electron chi connectivity index (χ2n) is 5.96. The van der Waals surface area contributed by atoms with Crippen molar-refractivity contribution in [3.8, 4) is 0 Å². The Bertz CT molecular complexity index is 463. The molecule has 1 aliphatic rings. The van der Waals surface area contributed by atoms with Crippen molar-refractivity contribution in [3.63, 3.8) is 0 Å². The van der Waals surface area contributed by atoms with Crippen LogP contribution in [0.2, 0.25) is 5.15 Å². The van der Waals surface area contributed by atoms with E-state index in [-0.39, 0.29) is 11.6 Å². The van der Waals surface area contributed by atoms with Crippen molar-refractivity contribution >= 4 is 11.6 Å². The second-order valence-corrected chi connectivity index (χ2v) is 6.32. The Hall–Kier alpha value is -0.620. The Morgan fingerprint density at radius 1 is 1.43 bits per heavy atom. The summed E-state index contributed by atoms with van der Waals surface area (Å²) in [7, 11) is 1.86. The zero-order chi connectivity index (χ0) is 15.5. The lowest BCUT2D eigenvalue weighted by molar-refractivity contribution is -0.0898. The smallest absolute Gasteiger partial charge is 0.130 e. The van der Waals surface area contributed by atoms with Gasteiger partial charge in [0.25, 0.3) is 0 Å². The maximum atomic E-state index is 6.37. The molecule has 1 saturated carbocycles. The molecule has 120 valence electrons. The van der Waals surface area contributed by atoms with E-state index in [1.54, 1.807) is 4.68 Å². The number of hydrazine groups is 1. The summed E-state index contributed by atoms with van der Waals surface area (Å²) in [6.45, 7) is 4.74. The van der Waals surface area contributed by atoms with Gasteiger partial charge in [0.1, 0.15) is 5.15 Å². The quantitative estimate of drug-likeness (QED) is 0.625. The van der Waals surface area contributed by atoms with E-state index in [2.05, 4.69) is 10.5 Å². The van der Waals surface area contributed by atoms with Gasteiger partial charge in [-0.05, 0) is 33.1 Å². The van der Waals surface area contributed by atoms with Gasteiger partial charge < -0.3 is 4.74 Å². The molecule has 0 radical (unpaired) electrons. The van der Waals surface area contributed by atoms with Crippen molar-refractivity contribution < 1.29 is 4.74 Å². The average Bonchev–Trinajstić information content (AvgIpc) is 2.71. The third-order valence-electron chi connectivity index (χ3n) is 4.65. The fraction of sp³-hybridized carbons (Fsp3) is 0.800. The van der Waals surface area contributed by atoms with Gasteiger partial charge in [-0.15, -0.1) is 0 Å². The van der Waals surface area contributed by atoms with Crippen molar-refractivity contribution in [1.82, 2.24) is 15.2 Å². The Kier molecular flexibility index (Phi) is 5.66. The van der Waals surface area contributed by atoms with Gasteiger partial charge in [-0.2, -0.15) is 5.10 Å². The molecule has 0 aliphatic heterocycles. The van der Waals surface area contributed by atoms with Gasteiger partial charge in [0.2, 0.25) is 0 Å². The minimum atomic E-state index is -0.187. The molecule has 0 spiro atoms. The number of aromatic nitrogens is 2. The van der Waals surface area contributed by atoms with Crippen LogP contribution in [0.5, 0.6) is 0 Å². The Labute approximate surface area is 132 Å². The molecule has 1 aromatic rings. The molecule has 3 N–H and O–H groups in total. The monoisotopic (exact) mass is 314 g/mol. The molecular weight excluding hydrogens is 288 g/mol. The van der Waals surface area contributed by atoms with Crippen LogP contribution in [0, 0.1) is 6.92 Å². The Morgan fingerprint density at radius 3 is 2.57 bits per heavy atom. The van der Waals surface area contributed by atoms with E-state index in [9.17, 15) is 0 Å². The van der Waals surface area contributed by atoms with Gasteiger partial charge in [-0.3, -0.25) is 16.0 Å². The lowest BCUT2D eigenvalue weighted by Gasteiger charge is -2.43. The van der Waals surface area contributed by atoms with Gasteiger partial charge in [0, 0.05) is 19.2 Å². The summed E-state index contributed by atoms with van der Waals surface area (Å²) in [5.41, 5.74) is 4.83. The first-order valence-electron chi connectivity index (χ1n) is 7.82. The van der Waals surface area contributed by atoms with Crippen LogP contribution in [0.1, 0.15) is 50.3 Å². The van der Waals surface area contributed by atoms with Crippen LogP contribution in [-0.4, -0.2) is 28.0 Å². The second kappa shape index (κ2) is 7.09. The van der Waals surface area contributed by atoms with Crippen molar-refractivity contribution in [2.24, 2.45) is 12.9 Å². The molecule has 1 atom stereocenters. The van der Waals surface area contributed by atoms with E-state index in [1.807, 2.05) is 20.9 Å². The van der Waals surface area contributed by atoms with Crippen LogP contribution in [-0.2, 0) is 18.2 Å². The minimum absolute atomic E-state index is 0.0538. The highest BCUT2D eigenvalue weighted by molar-refractivity contribution is 6.30. The van der Waals surface area contributed by atoms with E-state index in [0.29, 0.717) is 11.8 Å². The topological polar surface area (TPSA) is 65.1 Å². The third-order valence-corrected chi connectivity index (χ3v) is 5.12. The molecule has 0 aromatic carbocycles. The number of rotatable bonds is 6. The molecule has 5 nitrogen and oxygen atoms in total. The number of nitrogens with zero attached hydrogens (tertiary/aromatic N) is 2. The summed E-state index contributed by atoms with van der Waals surface area (Å²) in [5.74, 6) is 5.87. The van der Waals surface area contributed by atoms with Gasteiger partial charge in [-0.25, -0.2) is 0 Å². The third kappa shape index (κ3) is 3.42. The van der Waals surface area contributed by atoms with Crippen LogP contribution >= 0.6 is 11.6 Å². The highest BCUT2D eigenvalue weighted by atomic mass is 35.5. The van der Waals surface area contributed by atoms with E-state index >= 15 is 0 Å². The molecular formula is C15H27ClN4O. The standard InChI is InChI=1S/C15H27ClN4O/c1-4-21-15(8-6-5-7-9-15)13(18-17)10-12-11(2)19-20(3)14(12)16/h13,18H,4-10,17H2,1-3H3. The van der Waals surface area contributed by atoms with E-state index in [0.717, 1.165) is 30.5 Å². The van der Waals surface area contributed by atoms with Crippen LogP contribution in [0.4, 0.5) is 0 Å². The molecule has 0 amide bonds. The molecule has 1 fully saturated rings. The van der Waals surface area contributed by atoms with Crippen LogP contribution in [0.15, 0.2) is 0 Å². The van der Waals surface area contributed by atoms with E-state index < -0.39 is 0 Å². The first-order valence-corrected chi connectivity index (χ1v) is 8.20. The molecule has 2 rings (SSSR count). The van der Waals surface area contributed by atoms with Crippen molar-refractivity contribution in [2.45, 2.75) is 64.0 Å². The molecule has 1 unspecified atom stereocenters. The highest BCUT2D eigenvalue weighted by Gasteiger charge is 2.41. The summed E-state index contributed by atoms with van der Waals surface area (Å²) in [5, 5.41) is 5.08. The van der Waals surface area contributed by atoms with Gasteiger partial charge in [-0.1, -0.05) is 30.9 Å². The van der Waals surface area contributed by atoms with Crippen LogP contribution < -0.4 is 11.3 Å². The van der Waals surface area contributed by atoms with Gasteiger partial charge in [0.05, 0.1) is 17.3 Å². The molecule has 1 aromatic heterocycles. The normalized spacial score (nSPS) is 19.7. The maximum absolute atomic E-state index is 6.37. The van der Waals surface area contributed by atoms with Crippen molar-refractivity contribution in [1.29, 1.82) is 0 Å². The minimum Gasteiger partial charge on any atom is -0.374 e. The van der Waals surface area contributed by atoms with E-state index in [4.69, 9.17) is 22.2 Å².